The minimum Gasteiger partial charge on any atom is -0.474 e. The third-order valence-electron chi connectivity index (χ3n) is 6.73. The van der Waals surface area contributed by atoms with Gasteiger partial charge in [0.2, 0.25) is 5.88 Å². The lowest BCUT2D eigenvalue weighted by Gasteiger charge is -2.57. The minimum atomic E-state index is -0.547. The summed E-state index contributed by atoms with van der Waals surface area (Å²) in [6, 6.07) is 11.1. The van der Waals surface area contributed by atoms with Crippen LogP contribution in [0.2, 0.25) is 0 Å². The highest BCUT2D eigenvalue weighted by molar-refractivity contribution is 5.95. The third kappa shape index (κ3) is 3.86. The molecule has 1 heterocycles. The van der Waals surface area contributed by atoms with Crippen molar-refractivity contribution in [3.8, 4) is 11.9 Å². The van der Waals surface area contributed by atoms with E-state index in [0.717, 1.165) is 44.1 Å². The number of nitrogens with zero attached hydrogens (tertiary/aromatic N) is 2. The molecule has 1 aromatic carbocycles. The van der Waals surface area contributed by atoms with Crippen LogP contribution < -0.4 is 15.8 Å². The molecule has 0 saturated heterocycles. The van der Waals surface area contributed by atoms with Gasteiger partial charge in [-0.15, -0.1) is 0 Å². The van der Waals surface area contributed by atoms with Crippen molar-refractivity contribution in [1.82, 2.24) is 10.3 Å². The molecule has 0 atom stereocenters. The maximum Gasteiger partial charge on any atom is 0.254 e. The number of carbonyl (C=O) groups is 2. The zero-order chi connectivity index (χ0) is 21.6. The Bertz CT molecular complexity index is 1090. The van der Waals surface area contributed by atoms with E-state index < -0.39 is 5.91 Å². The summed E-state index contributed by atoms with van der Waals surface area (Å²) < 4.78 is 5.90. The molecule has 7 nitrogen and oxygen atoms in total. The maximum absolute atomic E-state index is 12.7. The first-order valence-corrected chi connectivity index (χ1v) is 10.7. The van der Waals surface area contributed by atoms with Crippen LogP contribution in [0.3, 0.4) is 0 Å². The first-order valence-electron chi connectivity index (χ1n) is 10.7. The normalized spacial score (nSPS) is 26.3. The van der Waals surface area contributed by atoms with Gasteiger partial charge in [-0.25, -0.2) is 4.98 Å². The fourth-order valence-corrected chi connectivity index (χ4v) is 5.01. The van der Waals surface area contributed by atoms with E-state index in [9.17, 15) is 14.9 Å². The van der Waals surface area contributed by atoms with Crippen LogP contribution in [-0.2, 0) is 0 Å². The SMILES string of the molecule is N#Cc1cc(C(=O)NC2CC3(C2)CC(Oc2ncccc2C(N)=O)C3)cc(C2CC2)c1. The van der Waals surface area contributed by atoms with Crippen molar-refractivity contribution in [3.05, 3.63) is 58.8 Å². The summed E-state index contributed by atoms with van der Waals surface area (Å²) in [6.07, 6.45) is 7.44. The molecule has 0 bridgehead atoms. The number of primary amides is 1. The van der Waals surface area contributed by atoms with Gasteiger partial charge in [0.1, 0.15) is 11.7 Å². The first kappa shape index (κ1) is 19.6. The van der Waals surface area contributed by atoms with Gasteiger partial charge < -0.3 is 15.8 Å². The van der Waals surface area contributed by atoms with E-state index in [0.29, 0.717) is 28.5 Å². The van der Waals surface area contributed by atoms with Gasteiger partial charge >= 0.3 is 0 Å². The maximum atomic E-state index is 12.7. The molecule has 5 rings (SSSR count). The van der Waals surface area contributed by atoms with Crippen LogP contribution in [0.5, 0.6) is 5.88 Å². The minimum absolute atomic E-state index is 0.0121. The van der Waals surface area contributed by atoms with Crippen LogP contribution in [0, 0.1) is 16.7 Å². The molecular weight excluding hydrogens is 392 g/mol. The molecule has 158 valence electrons. The molecule has 1 aromatic heterocycles. The van der Waals surface area contributed by atoms with Gasteiger partial charge in [-0.3, -0.25) is 9.59 Å². The second-order valence-corrected chi connectivity index (χ2v) is 9.18. The molecule has 0 aliphatic heterocycles. The van der Waals surface area contributed by atoms with E-state index in [2.05, 4.69) is 16.4 Å². The summed E-state index contributed by atoms with van der Waals surface area (Å²) in [5.74, 6) is 0.134. The standard InChI is InChI=1S/C24H24N4O3/c25-13-14-6-16(15-3-4-15)8-17(7-14)22(30)28-18-9-24(10-18)11-19(12-24)31-23-20(21(26)29)2-1-5-27-23/h1-2,5-8,15,18-19H,3-4,9-12H2,(H2,26,29)(H,28,30). The van der Waals surface area contributed by atoms with Crippen molar-refractivity contribution < 1.29 is 14.3 Å². The van der Waals surface area contributed by atoms with E-state index in [-0.39, 0.29) is 23.5 Å². The quantitative estimate of drug-likeness (QED) is 0.750. The second kappa shape index (κ2) is 7.38. The molecular formula is C24H24N4O3. The highest BCUT2D eigenvalue weighted by Gasteiger charge is 2.54. The van der Waals surface area contributed by atoms with Crippen molar-refractivity contribution in [2.24, 2.45) is 11.1 Å². The van der Waals surface area contributed by atoms with E-state index in [1.807, 2.05) is 12.1 Å². The Balaban J connectivity index is 1.14. The Morgan fingerprint density at radius 1 is 1.19 bits per heavy atom. The number of rotatable bonds is 6. The predicted octanol–water partition coefficient (Wildman–Crippen LogP) is 3.05. The summed E-state index contributed by atoms with van der Waals surface area (Å²) in [6.45, 7) is 0. The first-order chi connectivity index (χ1) is 14.9. The van der Waals surface area contributed by atoms with E-state index in [1.54, 1.807) is 24.4 Å². The zero-order valence-corrected chi connectivity index (χ0v) is 17.1. The summed E-state index contributed by atoms with van der Waals surface area (Å²) in [7, 11) is 0. The second-order valence-electron chi connectivity index (χ2n) is 9.18. The average molecular weight is 416 g/mol. The Hall–Kier alpha value is -3.40. The van der Waals surface area contributed by atoms with Crippen molar-refractivity contribution >= 4 is 11.8 Å². The number of amides is 2. The number of pyridine rings is 1. The Labute approximate surface area is 180 Å². The van der Waals surface area contributed by atoms with Crippen LogP contribution in [0.15, 0.2) is 36.5 Å². The van der Waals surface area contributed by atoms with Gasteiger partial charge in [-0.2, -0.15) is 5.26 Å². The topological polar surface area (TPSA) is 118 Å². The van der Waals surface area contributed by atoms with Crippen molar-refractivity contribution in [2.45, 2.75) is 56.6 Å². The summed E-state index contributed by atoms with van der Waals surface area (Å²) in [5, 5.41) is 12.4. The van der Waals surface area contributed by atoms with E-state index in [4.69, 9.17) is 10.5 Å². The predicted molar refractivity (Wildman–Crippen MR) is 112 cm³/mol. The summed E-state index contributed by atoms with van der Waals surface area (Å²) >= 11 is 0. The fourth-order valence-electron chi connectivity index (χ4n) is 5.01. The number of carbonyl (C=O) groups excluding carboxylic acids is 2. The summed E-state index contributed by atoms with van der Waals surface area (Å²) in [5.41, 5.74) is 8.09. The Morgan fingerprint density at radius 2 is 1.97 bits per heavy atom. The summed E-state index contributed by atoms with van der Waals surface area (Å²) in [4.78, 5) is 28.4. The molecule has 0 radical (unpaired) electrons. The molecule has 3 saturated carbocycles. The largest absolute Gasteiger partial charge is 0.474 e. The number of hydrogen-bond acceptors (Lipinski definition) is 5. The van der Waals surface area contributed by atoms with E-state index >= 15 is 0 Å². The third-order valence-corrected chi connectivity index (χ3v) is 6.73. The van der Waals surface area contributed by atoms with Crippen molar-refractivity contribution in [2.75, 3.05) is 0 Å². The van der Waals surface area contributed by atoms with Crippen LogP contribution >= 0.6 is 0 Å². The number of aromatic nitrogens is 1. The molecule has 1 spiro atoms. The lowest BCUT2D eigenvalue weighted by molar-refractivity contribution is -0.0848. The van der Waals surface area contributed by atoms with Gasteiger partial charge in [0.15, 0.2) is 0 Å². The molecule has 0 unspecified atom stereocenters. The molecule has 3 aliphatic carbocycles. The molecule has 2 amide bonds. The number of ether oxygens (including phenoxy) is 1. The van der Waals surface area contributed by atoms with Crippen molar-refractivity contribution in [3.63, 3.8) is 0 Å². The van der Waals surface area contributed by atoms with Crippen LogP contribution in [0.25, 0.3) is 0 Å². The number of nitrogens with two attached hydrogens (primary N) is 1. The molecule has 7 heteroatoms. The molecule has 3 aliphatic rings. The van der Waals surface area contributed by atoms with Crippen LogP contribution in [0.1, 0.15) is 76.3 Å². The Kier molecular flexibility index (Phi) is 4.66. The van der Waals surface area contributed by atoms with Crippen LogP contribution in [-0.4, -0.2) is 28.9 Å². The van der Waals surface area contributed by atoms with Gasteiger partial charge in [-0.05, 0) is 85.8 Å². The van der Waals surface area contributed by atoms with Gasteiger partial charge in [0.25, 0.3) is 11.8 Å². The number of nitriles is 1. The zero-order valence-electron chi connectivity index (χ0n) is 17.1. The van der Waals surface area contributed by atoms with Crippen molar-refractivity contribution in [1.29, 1.82) is 5.26 Å². The number of benzene rings is 1. The van der Waals surface area contributed by atoms with Gasteiger partial charge in [0.05, 0.1) is 11.6 Å². The fraction of sp³-hybridized carbons (Fsp3) is 0.417. The van der Waals surface area contributed by atoms with Crippen LogP contribution in [0.4, 0.5) is 0 Å². The molecule has 3 N–H and O–H groups in total. The lowest BCUT2D eigenvalue weighted by Crippen LogP contribution is -2.58. The van der Waals surface area contributed by atoms with Gasteiger partial charge in [0, 0.05) is 17.8 Å². The van der Waals surface area contributed by atoms with Gasteiger partial charge in [-0.1, -0.05) is 0 Å². The average Bonchev–Trinajstić information content (AvgIpc) is 3.55. The van der Waals surface area contributed by atoms with E-state index in [1.165, 1.54) is 0 Å². The number of hydrogen-bond donors (Lipinski definition) is 2. The lowest BCUT2D eigenvalue weighted by atomic mass is 9.53. The molecule has 3 fully saturated rings. The monoisotopic (exact) mass is 416 g/mol. The highest BCUT2D eigenvalue weighted by atomic mass is 16.5. The molecule has 31 heavy (non-hydrogen) atoms. The highest BCUT2D eigenvalue weighted by Crippen LogP contribution is 2.56. The number of nitrogens with one attached hydrogen (secondary N) is 1. The molecule has 2 aromatic rings. The smallest absolute Gasteiger partial charge is 0.254 e. The Morgan fingerprint density at radius 3 is 2.65 bits per heavy atom.